The minimum absolute atomic E-state index is 0.455. The number of anilines is 1. The summed E-state index contributed by atoms with van der Waals surface area (Å²) >= 11 is 8.07. The Hall–Kier alpha value is -1.10. The van der Waals surface area contributed by atoms with Gasteiger partial charge in [0.1, 0.15) is 0 Å². The van der Waals surface area contributed by atoms with Gasteiger partial charge in [-0.25, -0.2) is 4.98 Å². The lowest BCUT2D eigenvalue weighted by Gasteiger charge is -2.19. The number of halogens is 1. The lowest BCUT2D eigenvalue weighted by molar-refractivity contribution is 0.589. The molecule has 114 valence electrons. The van der Waals surface area contributed by atoms with Gasteiger partial charge < -0.3 is 10.2 Å². The molecule has 0 fully saturated rings. The van der Waals surface area contributed by atoms with Crippen molar-refractivity contribution in [2.24, 2.45) is 0 Å². The van der Waals surface area contributed by atoms with Crippen LogP contribution >= 0.6 is 22.9 Å². The Morgan fingerprint density at radius 3 is 2.71 bits per heavy atom. The number of nitrogens with one attached hydrogen (secondary N) is 1. The smallest absolute Gasteiger partial charge is 0.0898 e. The van der Waals surface area contributed by atoms with Crippen molar-refractivity contribution in [3.8, 4) is 0 Å². The van der Waals surface area contributed by atoms with Gasteiger partial charge >= 0.3 is 0 Å². The van der Waals surface area contributed by atoms with Crippen molar-refractivity contribution in [2.45, 2.75) is 39.9 Å². The summed E-state index contributed by atoms with van der Waals surface area (Å²) in [6.45, 7) is 7.88. The number of thiazole rings is 1. The lowest BCUT2D eigenvalue weighted by Crippen LogP contribution is -2.22. The Morgan fingerprint density at radius 1 is 1.38 bits per heavy atom. The maximum atomic E-state index is 6.38. The van der Waals surface area contributed by atoms with Crippen LogP contribution in [0, 0.1) is 6.92 Å². The zero-order valence-electron chi connectivity index (χ0n) is 13.0. The summed E-state index contributed by atoms with van der Waals surface area (Å²) in [6, 6.07) is 6.69. The van der Waals surface area contributed by atoms with Crippen molar-refractivity contribution in [3.63, 3.8) is 0 Å². The van der Waals surface area contributed by atoms with E-state index >= 15 is 0 Å². The summed E-state index contributed by atoms with van der Waals surface area (Å²) in [6.07, 6.45) is 0. The van der Waals surface area contributed by atoms with Gasteiger partial charge in [0.25, 0.3) is 0 Å². The zero-order chi connectivity index (χ0) is 15.4. The maximum absolute atomic E-state index is 6.38. The first-order valence-electron chi connectivity index (χ1n) is 7.09. The van der Waals surface area contributed by atoms with E-state index < -0.39 is 0 Å². The molecule has 0 saturated carbocycles. The molecule has 0 unspecified atom stereocenters. The van der Waals surface area contributed by atoms with E-state index in [2.05, 4.69) is 53.6 Å². The van der Waals surface area contributed by atoms with Crippen LogP contribution in [0.15, 0.2) is 23.6 Å². The summed E-state index contributed by atoms with van der Waals surface area (Å²) in [5, 5.41) is 7.40. The van der Waals surface area contributed by atoms with Crippen molar-refractivity contribution in [2.75, 3.05) is 11.9 Å². The first-order valence-corrected chi connectivity index (χ1v) is 8.35. The third-order valence-electron chi connectivity index (χ3n) is 3.24. The molecule has 0 aliphatic heterocycles. The molecule has 0 atom stereocenters. The molecular weight excluding hydrogens is 302 g/mol. The number of hydrogen-bond acceptors (Lipinski definition) is 4. The Morgan fingerprint density at radius 2 is 2.14 bits per heavy atom. The monoisotopic (exact) mass is 323 g/mol. The molecule has 0 radical (unpaired) electrons. The molecule has 0 bridgehead atoms. The third kappa shape index (κ3) is 4.70. The third-order valence-corrected chi connectivity index (χ3v) is 4.42. The van der Waals surface area contributed by atoms with Crippen LogP contribution in [-0.4, -0.2) is 18.1 Å². The molecule has 0 saturated heterocycles. The highest BCUT2D eigenvalue weighted by molar-refractivity contribution is 7.09. The van der Waals surface area contributed by atoms with Crippen LogP contribution in [0.1, 0.15) is 30.1 Å². The number of nitrogens with zero attached hydrogens (tertiary/aromatic N) is 2. The van der Waals surface area contributed by atoms with Gasteiger partial charge in [-0.3, -0.25) is 0 Å². The highest BCUT2D eigenvalue weighted by atomic mass is 35.5. The fourth-order valence-electron chi connectivity index (χ4n) is 2.05. The van der Waals surface area contributed by atoms with Gasteiger partial charge in [-0.2, -0.15) is 0 Å². The van der Waals surface area contributed by atoms with Gasteiger partial charge in [0.15, 0.2) is 0 Å². The normalized spacial score (nSPS) is 11.1. The first kappa shape index (κ1) is 16.3. The average Bonchev–Trinajstić information content (AvgIpc) is 2.82. The second kappa shape index (κ2) is 7.25. The summed E-state index contributed by atoms with van der Waals surface area (Å²) in [4.78, 5) is 6.67. The fraction of sp³-hybridized carbons (Fsp3) is 0.438. The first-order chi connectivity index (χ1) is 9.95. The quantitative estimate of drug-likeness (QED) is 0.861. The molecule has 2 rings (SSSR count). The Kier molecular flexibility index (Phi) is 5.62. The van der Waals surface area contributed by atoms with Crippen LogP contribution in [-0.2, 0) is 13.1 Å². The van der Waals surface area contributed by atoms with Crippen molar-refractivity contribution < 1.29 is 0 Å². The highest BCUT2D eigenvalue weighted by Gasteiger charge is 2.08. The maximum Gasteiger partial charge on any atom is 0.0898 e. The zero-order valence-corrected chi connectivity index (χ0v) is 14.6. The number of aromatic nitrogens is 1. The SMILES string of the molecule is Cc1nc(CN(C)c2ccc(CNC(C)C)c(Cl)c2)cs1. The molecule has 1 N–H and O–H groups in total. The Bertz CT molecular complexity index is 595. The van der Waals surface area contributed by atoms with E-state index in [9.17, 15) is 0 Å². The van der Waals surface area contributed by atoms with E-state index in [1.54, 1.807) is 11.3 Å². The van der Waals surface area contributed by atoms with Gasteiger partial charge in [-0.15, -0.1) is 11.3 Å². The number of hydrogen-bond donors (Lipinski definition) is 1. The van der Waals surface area contributed by atoms with Crippen molar-refractivity contribution >= 4 is 28.6 Å². The molecule has 0 aliphatic carbocycles. The molecule has 5 heteroatoms. The predicted molar refractivity (Wildman–Crippen MR) is 92.4 cm³/mol. The predicted octanol–water partition coefficient (Wildman–Crippen LogP) is 4.24. The summed E-state index contributed by atoms with van der Waals surface area (Å²) < 4.78 is 0. The number of benzene rings is 1. The van der Waals surface area contributed by atoms with Crippen molar-refractivity contribution in [1.82, 2.24) is 10.3 Å². The van der Waals surface area contributed by atoms with Crippen LogP contribution in [0.25, 0.3) is 0 Å². The average molecular weight is 324 g/mol. The van der Waals surface area contributed by atoms with E-state index in [1.807, 2.05) is 13.0 Å². The highest BCUT2D eigenvalue weighted by Crippen LogP contribution is 2.24. The van der Waals surface area contributed by atoms with Crippen LogP contribution < -0.4 is 10.2 Å². The molecular formula is C16H22ClN3S. The molecule has 2 aromatic rings. The van der Waals surface area contributed by atoms with Gasteiger partial charge in [-0.05, 0) is 24.6 Å². The van der Waals surface area contributed by atoms with Crippen molar-refractivity contribution in [1.29, 1.82) is 0 Å². The van der Waals surface area contributed by atoms with Gasteiger partial charge in [0.05, 0.1) is 17.2 Å². The van der Waals surface area contributed by atoms with Gasteiger partial charge in [0.2, 0.25) is 0 Å². The van der Waals surface area contributed by atoms with E-state index in [-0.39, 0.29) is 0 Å². The standard InChI is InChI=1S/C16H22ClN3S/c1-11(2)18-8-13-5-6-15(7-16(13)17)20(4)9-14-10-21-12(3)19-14/h5-7,10-11,18H,8-9H2,1-4H3. The Balaban J connectivity index is 2.04. The van der Waals surface area contributed by atoms with Crippen LogP contribution in [0.5, 0.6) is 0 Å². The molecule has 3 nitrogen and oxygen atoms in total. The fourth-order valence-corrected chi connectivity index (χ4v) is 2.89. The minimum atomic E-state index is 0.455. The molecule has 1 aromatic heterocycles. The molecule has 1 heterocycles. The van der Waals surface area contributed by atoms with Crippen molar-refractivity contribution in [3.05, 3.63) is 44.9 Å². The lowest BCUT2D eigenvalue weighted by atomic mass is 10.2. The van der Waals surface area contributed by atoms with Gasteiger partial charge in [0, 0.05) is 35.7 Å². The Labute approximate surface area is 136 Å². The summed E-state index contributed by atoms with van der Waals surface area (Å²) in [5.74, 6) is 0. The largest absolute Gasteiger partial charge is 0.369 e. The van der Waals surface area contributed by atoms with E-state index in [0.29, 0.717) is 6.04 Å². The van der Waals surface area contributed by atoms with Crippen LogP contribution in [0.3, 0.4) is 0 Å². The summed E-state index contributed by atoms with van der Waals surface area (Å²) in [5.41, 5.74) is 3.34. The second-order valence-corrected chi connectivity index (χ2v) is 6.99. The molecule has 1 aromatic carbocycles. The van der Waals surface area contributed by atoms with E-state index in [1.165, 1.54) is 0 Å². The second-order valence-electron chi connectivity index (χ2n) is 5.53. The van der Waals surface area contributed by atoms with Crippen LogP contribution in [0.2, 0.25) is 5.02 Å². The van der Waals surface area contributed by atoms with E-state index in [0.717, 1.165) is 40.1 Å². The molecule has 21 heavy (non-hydrogen) atoms. The minimum Gasteiger partial charge on any atom is -0.369 e. The molecule has 0 aliphatic rings. The van der Waals surface area contributed by atoms with Gasteiger partial charge in [-0.1, -0.05) is 31.5 Å². The number of aryl methyl sites for hydroxylation is 1. The van der Waals surface area contributed by atoms with Crippen LogP contribution in [0.4, 0.5) is 5.69 Å². The van der Waals surface area contributed by atoms with E-state index in [4.69, 9.17) is 11.6 Å². The number of rotatable bonds is 6. The topological polar surface area (TPSA) is 28.2 Å². The molecule has 0 spiro atoms. The summed E-state index contributed by atoms with van der Waals surface area (Å²) in [7, 11) is 2.06. The molecule has 0 amide bonds.